The van der Waals surface area contributed by atoms with Gasteiger partial charge in [0.25, 0.3) is 0 Å². The summed E-state index contributed by atoms with van der Waals surface area (Å²) in [6, 6.07) is 6.42. The van der Waals surface area contributed by atoms with E-state index < -0.39 is 18.0 Å². The third-order valence-electron chi connectivity index (χ3n) is 2.79. The normalized spacial score (nSPS) is 11.9. The molecule has 0 aliphatic carbocycles. The van der Waals surface area contributed by atoms with Gasteiger partial charge in [-0.1, -0.05) is 12.1 Å². The Kier molecular flexibility index (Phi) is 4.54. The molecule has 0 unspecified atom stereocenters. The van der Waals surface area contributed by atoms with Crippen LogP contribution in [0.15, 0.2) is 36.5 Å². The quantitative estimate of drug-likeness (QED) is 0.811. The van der Waals surface area contributed by atoms with Gasteiger partial charge < -0.3 is 9.47 Å². The molecule has 0 N–H and O–H groups in total. The van der Waals surface area contributed by atoms with Gasteiger partial charge >= 0.3 is 6.18 Å². The van der Waals surface area contributed by atoms with E-state index in [0.29, 0.717) is 5.69 Å². The number of alkyl halides is 3. The summed E-state index contributed by atoms with van der Waals surface area (Å²) in [5, 5.41) is 0. The summed E-state index contributed by atoms with van der Waals surface area (Å²) in [5.74, 6) is 0.178. The van der Waals surface area contributed by atoms with E-state index in [9.17, 15) is 13.2 Å². The molecule has 0 aliphatic rings. The second-order valence-corrected chi connectivity index (χ2v) is 4.19. The number of benzene rings is 1. The van der Waals surface area contributed by atoms with Gasteiger partial charge in [0.05, 0.1) is 5.56 Å². The van der Waals surface area contributed by atoms with E-state index in [1.54, 1.807) is 6.07 Å². The maximum Gasteiger partial charge on any atom is 0.416 e. The lowest BCUT2D eigenvalue weighted by Crippen LogP contribution is -2.08. The zero-order chi connectivity index (χ0) is 15.5. The first-order valence-electron chi connectivity index (χ1n) is 6.02. The van der Waals surface area contributed by atoms with Crippen molar-refractivity contribution in [3.63, 3.8) is 0 Å². The first-order valence-corrected chi connectivity index (χ1v) is 6.02. The second kappa shape index (κ2) is 6.19. The standard InChI is InChI=1S/C14H13F3N2O2/c1-20-13(21-2)11-6-7-18-12(19-11)9-4-3-5-10(8-9)14(15,16)17/h3-8,13H,1-2H3. The molecule has 112 valence electrons. The van der Waals surface area contributed by atoms with Gasteiger partial charge in [0, 0.05) is 26.0 Å². The van der Waals surface area contributed by atoms with Crippen LogP contribution in [-0.4, -0.2) is 24.2 Å². The Balaban J connectivity index is 2.41. The zero-order valence-electron chi connectivity index (χ0n) is 11.4. The Morgan fingerprint density at radius 3 is 2.43 bits per heavy atom. The number of hydrogen-bond acceptors (Lipinski definition) is 4. The molecule has 0 radical (unpaired) electrons. The van der Waals surface area contributed by atoms with Gasteiger partial charge in [-0.15, -0.1) is 0 Å². The molecule has 0 fully saturated rings. The third-order valence-corrected chi connectivity index (χ3v) is 2.79. The van der Waals surface area contributed by atoms with Crippen molar-refractivity contribution in [2.24, 2.45) is 0 Å². The van der Waals surface area contributed by atoms with E-state index in [1.807, 2.05) is 0 Å². The zero-order valence-corrected chi connectivity index (χ0v) is 11.4. The molecule has 0 bridgehead atoms. The van der Waals surface area contributed by atoms with E-state index in [1.165, 1.54) is 32.5 Å². The van der Waals surface area contributed by atoms with Crippen LogP contribution in [0.2, 0.25) is 0 Å². The van der Waals surface area contributed by atoms with Crippen LogP contribution in [0.1, 0.15) is 17.5 Å². The van der Waals surface area contributed by atoms with Crippen molar-refractivity contribution in [2.45, 2.75) is 12.5 Å². The van der Waals surface area contributed by atoms with Crippen LogP contribution < -0.4 is 0 Å². The number of ether oxygens (including phenoxy) is 2. The van der Waals surface area contributed by atoms with Crippen molar-refractivity contribution in [1.29, 1.82) is 0 Å². The summed E-state index contributed by atoms with van der Waals surface area (Å²) in [7, 11) is 2.89. The maximum atomic E-state index is 12.7. The van der Waals surface area contributed by atoms with Gasteiger partial charge in [-0.25, -0.2) is 9.97 Å². The van der Waals surface area contributed by atoms with Crippen LogP contribution in [0.3, 0.4) is 0 Å². The summed E-state index contributed by atoms with van der Waals surface area (Å²) in [6.45, 7) is 0. The van der Waals surface area contributed by atoms with Crippen LogP contribution in [0.4, 0.5) is 13.2 Å². The first-order chi connectivity index (χ1) is 9.95. The van der Waals surface area contributed by atoms with E-state index in [-0.39, 0.29) is 11.4 Å². The number of rotatable bonds is 4. The Labute approximate surface area is 119 Å². The van der Waals surface area contributed by atoms with E-state index in [4.69, 9.17) is 9.47 Å². The van der Waals surface area contributed by atoms with Gasteiger partial charge in [-0.05, 0) is 18.2 Å². The van der Waals surface area contributed by atoms with Crippen molar-refractivity contribution >= 4 is 0 Å². The smallest absolute Gasteiger partial charge is 0.350 e. The van der Waals surface area contributed by atoms with Crippen molar-refractivity contribution < 1.29 is 22.6 Å². The van der Waals surface area contributed by atoms with Gasteiger partial charge in [0.1, 0.15) is 5.69 Å². The molecule has 1 aromatic carbocycles. The predicted octanol–water partition coefficient (Wildman–Crippen LogP) is 3.45. The molecule has 0 saturated carbocycles. The number of methoxy groups -OCH3 is 2. The molecule has 0 atom stereocenters. The molecular weight excluding hydrogens is 285 g/mol. The highest BCUT2D eigenvalue weighted by molar-refractivity contribution is 5.56. The SMILES string of the molecule is COC(OC)c1ccnc(-c2cccc(C(F)(F)F)c2)n1. The summed E-state index contributed by atoms with van der Waals surface area (Å²) >= 11 is 0. The van der Waals surface area contributed by atoms with Gasteiger partial charge in [0.15, 0.2) is 5.82 Å². The molecule has 4 nitrogen and oxygen atoms in total. The van der Waals surface area contributed by atoms with Crippen molar-refractivity contribution in [1.82, 2.24) is 9.97 Å². The Morgan fingerprint density at radius 2 is 1.81 bits per heavy atom. The number of aromatic nitrogens is 2. The number of halogens is 3. The molecular formula is C14H13F3N2O2. The minimum absolute atomic E-state index is 0.178. The average Bonchev–Trinajstić information content (AvgIpc) is 2.48. The molecule has 0 aliphatic heterocycles. The van der Waals surface area contributed by atoms with Crippen molar-refractivity contribution in [3.8, 4) is 11.4 Å². The van der Waals surface area contributed by atoms with Crippen LogP contribution >= 0.6 is 0 Å². The minimum atomic E-state index is -4.41. The van der Waals surface area contributed by atoms with Crippen LogP contribution in [-0.2, 0) is 15.7 Å². The lowest BCUT2D eigenvalue weighted by Gasteiger charge is -2.13. The molecule has 1 heterocycles. The summed E-state index contributed by atoms with van der Waals surface area (Å²) in [4.78, 5) is 8.17. The lowest BCUT2D eigenvalue weighted by molar-refractivity contribution is -0.137. The fourth-order valence-corrected chi connectivity index (χ4v) is 1.82. The van der Waals surface area contributed by atoms with Crippen LogP contribution in [0, 0.1) is 0 Å². The molecule has 0 amide bonds. The second-order valence-electron chi connectivity index (χ2n) is 4.19. The van der Waals surface area contributed by atoms with Crippen molar-refractivity contribution in [2.75, 3.05) is 14.2 Å². The molecule has 21 heavy (non-hydrogen) atoms. The van der Waals surface area contributed by atoms with Gasteiger partial charge in [-0.2, -0.15) is 13.2 Å². The summed E-state index contributed by atoms with van der Waals surface area (Å²) in [5.41, 5.74) is -0.0379. The Bertz CT molecular complexity index is 613. The maximum absolute atomic E-state index is 12.7. The highest BCUT2D eigenvalue weighted by atomic mass is 19.4. The van der Waals surface area contributed by atoms with Crippen LogP contribution in [0.5, 0.6) is 0 Å². The molecule has 1 aromatic heterocycles. The Morgan fingerprint density at radius 1 is 1.10 bits per heavy atom. The molecule has 0 saturated heterocycles. The third kappa shape index (κ3) is 3.56. The minimum Gasteiger partial charge on any atom is -0.350 e. The number of nitrogens with zero attached hydrogens (tertiary/aromatic N) is 2. The van der Waals surface area contributed by atoms with E-state index in [0.717, 1.165) is 12.1 Å². The predicted molar refractivity (Wildman–Crippen MR) is 69.2 cm³/mol. The molecule has 2 aromatic rings. The van der Waals surface area contributed by atoms with E-state index >= 15 is 0 Å². The summed E-state index contributed by atoms with van der Waals surface area (Å²) in [6.07, 6.45) is -3.66. The molecule has 0 spiro atoms. The van der Waals surface area contributed by atoms with Crippen LogP contribution in [0.25, 0.3) is 11.4 Å². The summed E-state index contributed by atoms with van der Waals surface area (Å²) < 4.78 is 48.3. The Hall–Kier alpha value is -1.99. The monoisotopic (exact) mass is 298 g/mol. The van der Waals surface area contributed by atoms with E-state index in [2.05, 4.69) is 9.97 Å². The average molecular weight is 298 g/mol. The fourth-order valence-electron chi connectivity index (χ4n) is 1.82. The highest BCUT2D eigenvalue weighted by Gasteiger charge is 2.30. The number of hydrogen-bond donors (Lipinski definition) is 0. The topological polar surface area (TPSA) is 44.2 Å². The molecule has 7 heteroatoms. The van der Waals surface area contributed by atoms with Gasteiger partial charge in [0.2, 0.25) is 6.29 Å². The first kappa shape index (κ1) is 15.4. The molecule has 2 rings (SSSR count). The fraction of sp³-hybridized carbons (Fsp3) is 0.286. The highest BCUT2D eigenvalue weighted by Crippen LogP contribution is 2.31. The van der Waals surface area contributed by atoms with Crippen molar-refractivity contribution in [3.05, 3.63) is 47.8 Å². The lowest BCUT2D eigenvalue weighted by atomic mass is 10.1. The largest absolute Gasteiger partial charge is 0.416 e. The van der Waals surface area contributed by atoms with Gasteiger partial charge in [-0.3, -0.25) is 0 Å².